The maximum absolute atomic E-state index is 13.0. The number of ether oxygens (including phenoxy) is 2. The quantitative estimate of drug-likeness (QED) is 0.484. The lowest BCUT2D eigenvalue weighted by Gasteiger charge is -2.20. The van der Waals surface area contributed by atoms with Crippen molar-refractivity contribution in [1.82, 2.24) is 0 Å². The summed E-state index contributed by atoms with van der Waals surface area (Å²) in [5, 5.41) is 4.15. The van der Waals surface area contributed by atoms with Crippen LogP contribution in [0.4, 0.5) is 5.69 Å². The van der Waals surface area contributed by atoms with E-state index in [2.05, 4.69) is 36.5 Å². The third-order valence-corrected chi connectivity index (χ3v) is 5.31. The number of halogens is 1. The van der Waals surface area contributed by atoms with Crippen molar-refractivity contribution < 1.29 is 14.3 Å². The number of hydrogen-bond donors (Lipinski definition) is 1. The molecule has 3 aromatic carbocycles. The number of hydrogen-bond acceptors (Lipinski definition) is 4. The third-order valence-electron chi connectivity index (χ3n) is 5.06. The smallest absolute Gasteiger partial charge is 0.231 e. The van der Waals surface area contributed by atoms with Crippen molar-refractivity contribution in [1.29, 1.82) is 0 Å². The Balaban J connectivity index is 1.58. The highest BCUT2D eigenvalue weighted by Crippen LogP contribution is 2.34. The zero-order chi connectivity index (χ0) is 20.2. The van der Waals surface area contributed by atoms with Gasteiger partial charge in [-0.25, -0.2) is 0 Å². The van der Waals surface area contributed by atoms with E-state index in [1.165, 1.54) is 5.56 Å². The zero-order valence-corrected chi connectivity index (χ0v) is 16.9. The summed E-state index contributed by atoms with van der Waals surface area (Å²) in [6.07, 6.45) is 1.29. The number of rotatable bonds is 7. The molecule has 1 aliphatic rings. The van der Waals surface area contributed by atoms with E-state index in [4.69, 9.17) is 21.1 Å². The Labute approximate surface area is 175 Å². The lowest BCUT2D eigenvalue weighted by Crippen LogP contribution is -2.16. The first kappa shape index (κ1) is 19.3. The van der Waals surface area contributed by atoms with Crippen molar-refractivity contribution in [3.8, 4) is 11.5 Å². The second kappa shape index (κ2) is 8.58. The largest absolute Gasteiger partial charge is 0.454 e. The Kier molecular flexibility index (Phi) is 5.72. The lowest BCUT2D eigenvalue weighted by atomic mass is 9.96. The predicted molar refractivity (Wildman–Crippen MR) is 115 cm³/mol. The number of nitrogens with one attached hydrogen (secondary N) is 1. The van der Waals surface area contributed by atoms with Crippen LogP contribution in [0.15, 0.2) is 66.7 Å². The standard InChI is InChI=1S/C24H22ClNO3/c1-2-16-3-5-17(6-4-16)21(26-20-10-8-19(25)9-11-20)14-22(27)18-7-12-23-24(13-18)29-15-28-23/h3-13,21,26H,2,14-15H2,1H3/t21-/m0/s1. The molecule has 1 heterocycles. The fraction of sp³-hybridized carbons (Fsp3) is 0.208. The van der Waals surface area contributed by atoms with Crippen molar-refractivity contribution >= 4 is 23.1 Å². The van der Waals surface area contributed by atoms with Crippen molar-refractivity contribution in [3.63, 3.8) is 0 Å². The number of Topliss-reactive ketones (excluding diaryl/α,β-unsaturated/α-hetero) is 1. The molecule has 0 spiro atoms. The number of carbonyl (C=O) groups is 1. The van der Waals surface area contributed by atoms with Crippen molar-refractivity contribution in [2.24, 2.45) is 0 Å². The molecule has 3 aromatic rings. The number of ketones is 1. The molecule has 0 saturated carbocycles. The Bertz CT molecular complexity index is 1000. The molecule has 148 valence electrons. The van der Waals surface area contributed by atoms with Crippen LogP contribution in [-0.4, -0.2) is 12.6 Å². The molecule has 1 N–H and O–H groups in total. The van der Waals surface area contributed by atoms with Crippen LogP contribution in [0.1, 0.15) is 40.9 Å². The lowest BCUT2D eigenvalue weighted by molar-refractivity contribution is 0.0976. The Hall–Kier alpha value is -2.98. The van der Waals surface area contributed by atoms with E-state index in [1.54, 1.807) is 18.2 Å². The van der Waals surface area contributed by atoms with E-state index in [-0.39, 0.29) is 18.6 Å². The molecule has 0 bridgehead atoms. The average molecular weight is 408 g/mol. The molecule has 0 aromatic heterocycles. The molecule has 0 aliphatic carbocycles. The SMILES string of the molecule is CCc1ccc([C@H](CC(=O)c2ccc3c(c2)OCO3)Nc2ccc(Cl)cc2)cc1. The van der Waals surface area contributed by atoms with Gasteiger partial charge >= 0.3 is 0 Å². The van der Waals surface area contributed by atoms with Gasteiger partial charge in [0.1, 0.15) is 0 Å². The van der Waals surface area contributed by atoms with Crippen LogP contribution < -0.4 is 14.8 Å². The number of benzene rings is 3. The topological polar surface area (TPSA) is 47.6 Å². The van der Waals surface area contributed by atoms with E-state index < -0.39 is 0 Å². The van der Waals surface area contributed by atoms with Crippen LogP contribution in [0.2, 0.25) is 5.02 Å². The summed E-state index contributed by atoms with van der Waals surface area (Å²) in [7, 11) is 0. The van der Waals surface area contributed by atoms with Gasteiger partial charge in [-0.15, -0.1) is 0 Å². The van der Waals surface area contributed by atoms with E-state index in [9.17, 15) is 4.79 Å². The maximum Gasteiger partial charge on any atom is 0.231 e. The van der Waals surface area contributed by atoms with E-state index >= 15 is 0 Å². The third kappa shape index (κ3) is 4.54. The molecular formula is C24H22ClNO3. The summed E-state index contributed by atoms with van der Waals surface area (Å²) in [6.45, 7) is 2.32. The van der Waals surface area contributed by atoms with Crippen LogP contribution in [0.25, 0.3) is 0 Å². The maximum atomic E-state index is 13.0. The molecule has 0 fully saturated rings. The molecule has 0 unspecified atom stereocenters. The zero-order valence-electron chi connectivity index (χ0n) is 16.2. The normalized spacial score (nSPS) is 13.2. The van der Waals surface area contributed by atoms with Gasteiger partial charge in [0, 0.05) is 22.7 Å². The molecule has 5 heteroatoms. The summed E-state index contributed by atoms with van der Waals surface area (Å²) in [5.74, 6) is 1.33. The molecule has 1 atom stereocenters. The van der Waals surface area contributed by atoms with E-state index in [0.29, 0.717) is 28.5 Å². The van der Waals surface area contributed by atoms with Gasteiger partial charge in [-0.2, -0.15) is 0 Å². The molecule has 0 saturated heterocycles. The van der Waals surface area contributed by atoms with Gasteiger partial charge < -0.3 is 14.8 Å². The summed E-state index contributed by atoms with van der Waals surface area (Å²) in [5.41, 5.74) is 3.85. The second-order valence-electron chi connectivity index (χ2n) is 6.99. The molecule has 0 amide bonds. The van der Waals surface area contributed by atoms with Crippen molar-refractivity contribution in [3.05, 3.63) is 88.4 Å². The van der Waals surface area contributed by atoms with Crippen molar-refractivity contribution in [2.45, 2.75) is 25.8 Å². The Morgan fingerprint density at radius 1 is 1.00 bits per heavy atom. The summed E-state index contributed by atoms with van der Waals surface area (Å²) >= 11 is 6.01. The number of carbonyl (C=O) groups excluding carboxylic acids is 1. The van der Waals surface area contributed by atoms with Crippen molar-refractivity contribution in [2.75, 3.05) is 12.1 Å². The molecule has 1 aliphatic heterocycles. The summed E-state index contributed by atoms with van der Waals surface area (Å²) in [4.78, 5) is 13.0. The summed E-state index contributed by atoms with van der Waals surface area (Å²) in [6, 6.07) is 21.0. The highest BCUT2D eigenvalue weighted by Gasteiger charge is 2.20. The molecule has 4 rings (SSSR count). The van der Waals surface area contributed by atoms with E-state index in [0.717, 1.165) is 17.7 Å². The second-order valence-corrected chi connectivity index (χ2v) is 7.43. The van der Waals surface area contributed by atoms with Gasteiger partial charge in [-0.1, -0.05) is 42.8 Å². The first-order valence-electron chi connectivity index (χ1n) is 9.66. The van der Waals surface area contributed by atoms with E-state index in [1.807, 2.05) is 24.3 Å². The fourth-order valence-corrected chi connectivity index (χ4v) is 3.48. The number of fused-ring (bicyclic) bond motifs is 1. The highest BCUT2D eigenvalue weighted by molar-refractivity contribution is 6.30. The highest BCUT2D eigenvalue weighted by atomic mass is 35.5. The predicted octanol–water partition coefficient (Wildman–Crippen LogP) is 6.06. The Morgan fingerprint density at radius 3 is 2.45 bits per heavy atom. The van der Waals surface area contributed by atoms with Gasteiger partial charge in [-0.05, 0) is 60.0 Å². The van der Waals surface area contributed by atoms with Gasteiger partial charge in [0.15, 0.2) is 17.3 Å². The minimum Gasteiger partial charge on any atom is -0.454 e. The minimum absolute atomic E-state index is 0.0364. The molecule has 0 radical (unpaired) electrons. The monoisotopic (exact) mass is 407 g/mol. The average Bonchev–Trinajstić information content (AvgIpc) is 3.23. The van der Waals surface area contributed by atoms with Crippen LogP contribution in [0, 0.1) is 0 Å². The first-order valence-corrected chi connectivity index (χ1v) is 10.0. The summed E-state index contributed by atoms with van der Waals surface area (Å²) < 4.78 is 10.7. The Morgan fingerprint density at radius 2 is 1.72 bits per heavy atom. The van der Waals surface area contributed by atoms with Crippen LogP contribution in [0.5, 0.6) is 11.5 Å². The minimum atomic E-state index is -0.167. The van der Waals surface area contributed by atoms with Gasteiger partial charge in [0.25, 0.3) is 0 Å². The van der Waals surface area contributed by atoms with Crippen LogP contribution >= 0.6 is 11.6 Å². The molecular weight excluding hydrogens is 386 g/mol. The van der Waals surface area contributed by atoms with Gasteiger partial charge in [-0.3, -0.25) is 4.79 Å². The van der Waals surface area contributed by atoms with Crippen LogP contribution in [0.3, 0.4) is 0 Å². The van der Waals surface area contributed by atoms with Gasteiger partial charge in [0.2, 0.25) is 6.79 Å². The first-order chi connectivity index (χ1) is 14.1. The molecule has 29 heavy (non-hydrogen) atoms. The molecule has 4 nitrogen and oxygen atoms in total. The number of anilines is 1. The van der Waals surface area contributed by atoms with Gasteiger partial charge in [0.05, 0.1) is 6.04 Å². The fourth-order valence-electron chi connectivity index (χ4n) is 3.36. The van der Waals surface area contributed by atoms with Crippen LogP contribution in [-0.2, 0) is 6.42 Å². The number of aryl methyl sites for hydroxylation is 1.